The van der Waals surface area contributed by atoms with Crippen LogP contribution >= 0.6 is 0 Å². The molecule has 1 saturated heterocycles. The average Bonchev–Trinajstić information content (AvgIpc) is 2.47. The van der Waals surface area contributed by atoms with Crippen molar-refractivity contribution in [2.24, 2.45) is 0 Å². The summed E-state index contributed by atoms with van der Waals surface area (Å²) in [5.41, 5.74) is 0. The predicted molar refractivity (Wildman–Crippen MR) is 73.8 cm³/mol. The molecule has 0 saturated carbocycles. The van der Waals surface area contributed by atoms with Crippen molar-refractivity contribution >= 4 is 0 Å². The Bertz CT molecular complexity index is 397. The van der Waals surface area contributed by atoms with Crippen molar-refractivity contribution in [3.05, 3.63) is 30.3 Å². The maximum atomic E-state index is 5.88. The van der Waals surface area contributed by atoms with Gasteiger partial charge in [0.25, 0.3) is 0 Å². The third-order valence-corrected chi connectivity index (χ3v) is 3.54. The fraction of sp³-hybridized carbons (Fsp3) is 0.600. The molecule has 0 spiro atoms. The lowest BCUT2D eigenvalue weighted by Crippen LogP contribution is -2.60. The molecular formula is C15H22O5. The summed E-state index contributed by atoms with van der Waals surface area (Å²) < 4.78 is 28.2. The van der Waals surface area contributed by atoms with E-state index in [-0.39, 0.29) is 24.4 Å². The molecule has 5 heteroatoms. The van der Waals surface area contributed by atoms with Gasteiger partial charge in [-0.05, 0) is 19.1 Å². The number of hydrogen-bond acceptors (Lipinski definition) is 5. The minimum Gasteiger partial charge on any atom is -0.462 e. The summed E-state index contributed by atoms with van der Waals surface area (Å²) in [7, 11) is 4.89. The first-order valence-corrected chi connectivity index (χ1v) is 6.66. The minimum atomic E-state index is -0.534. The monoisotopic (exact) mass is 282 g/mol. The zero-order chi connectivity index (χ0) is 14.5. The van der Waals surface area contributed by atoms with Crippen LogP contribution in [-0.4, -0.2) is 52.0 Å². The molecular weight excluding hydrogens is 260 g/mol. The van der Waals surface area contributed by atoms with Crippen molar-refractivity contribution in [1.82, 2.24) is 0 Å². The Kier molecular flexibility index (Phi) is 5.37. The maximum absolute atomic E-state index is 5.88. The molecule has 0 N–H and O–H groups in total. The van der Waals surface area contributed by atoms with Crippen molar-refractivity contribution in [1.29, 1.82) is 0 Å². The highest BCUT2D eigenvalue weighted by Gasteiger charge is 2.46. The van der Waals surface area contributed by atoms with E-state index in [4.69, 9.17) is 23.7 Å². The van der Waals surface area contributed by atoms with Crippen molar-refractivity contribution in [3.63, 3.8) is 0 Å². The first-order chi connectivity index (χ1) is 9.71. The Labute approximate surface area is 119 Å². The molecule has 0 aliphatic carbocycles. The molecule has 0 radical (unpaired) electrons. The van der Waals surface area contributed by atoms with Crippen LogP contribution in [0, 0.1) is 0 Å². The molecule has 1 aliphatic heterocycles. The van der Waals surface area contributed by atoms with Gasteiger partial charge in [-0.25, -0.2) is 0 Å². The summed E-state index contributed by atoms with van der Waals surface area (Å²) in [6.45, 7) is 1.94. The normalized spacial score (nSPS) is 33.9. The SMILES string of the molecule is CO[C@@H]1[C@@H](OC)[C@H](C)O[C@@H](Oc2ccccc2)[C@@H]1OC. The van der Waals surface area contributed by atoms with Gasteiger partial charge < -0.3 is 23.7 Å². The second-order valence-corrected chi connectivity index (χ2v) is 4.74. The first kappa shape index (κ1) is 15.3. The molecule has 0 bridgehead atoms. The van der Waals surface area contributed by atoms with Crippen LogP contribution in [0.4, 0.5) is 0 Å². The van der Waals surface area contributed by atoms with E-state index in [2.05, 4.69) is 0 Å². The van der Waals surface area contributed by atoms with E-state index < -0.39 is 6.29 Å². The number of rotatable bonds is 5. The smallest absolute Gasteiger partial charge is 0.229 e. The van der Waals surface area contributed by atoms with Crippen LogP contribution in [0.3, 0.4) is 0 Å². The highest BCUT2D eigenvalue weighted by Crippen LogP contribution is 2.28. The molecule has 1 aromatic rings. The molecule has 5 atom stereocenters. The van der Waals surface area contributed by atoms with Gasteiger partial charge in [0, 0.05) is 21.3 Å². The van der Waals surface area contributed by atoms with E-state index in [9.17, 15) is 0 Å². The number of ether oxygens (including phenoxy) is 5. The van der Waals surface area contributed by atoms with Crippen molar-refractivity contribution in [3.8, 4) is 5.75 Å². The Morgan fingerprint density at radius 1 is 0.850 bits per heavy atom. The van der Waals surface area contributed by atoms with Crippen molar-refractivity contribution in [2.75, 3.05) is 21.3 Å². The fourth-order valence-electron chi connectivity index (χ4n) is 2.54. The molecule has 5 nitrogen and oxygen atoms in total. The molecule has 20 heavy (non-hydrogen) atoms. The van der Waals surface area contributed by atoms with Gasteiger partial charge in [-0.1, -0.05) is 18.2 Å². The number of para-hydroxylation sites is 1. The third-order valence-electron chi connectivity index (χ3n) is 3.54. The molecule has 1 aromatic carbocycles. The van der Waals surface area contributed by atoms with Crippen LogP contribution < -0.4 is 4.74 Å². The number of benzene rings is 1. The molecule has 0 amide bonds. The zero-order valence-electron chi connectivity index (χ0n) is 12.3. The summed E-state index contributed by atoms with van der Waals surface area (Å²) in [6, 6.07) is 9.52. The first-order valence-electron chi connectivity index (χ1n) is 6.66. The lowest BCUT2D eigenvalue weighted by molar-refractivity contribution is -0.282. The predicted octanol–water partition coefficient (Wildman–Crippen LogP) is 1.86. The summed E-state index contributed by atoms with van der Waals surface area (Å²) in [6.07, 6.45) is -1.48. The van der Waals surface area contributed by atoms with Crippen LogP contribution in [0.25, 0.3) is 0 Å². The van der Waals surface area contributed by atoms with Gasteiger partial charge in [-0.15, -0.1) is 0 Å². The van der Waals surface area contributed by atoms with E-state index in [1.807, 2.05) is 37.3 Å². The minimum absolute atomic E-state index is 0.148. The van der Waals surface area contributed by atoms with Gasteiger partial charge in [0.2, 0.25) is 6.29 Å². The standard InChI is InChI=1S/C15H22O5/c1-10-12(16-2)13(17-3)14(18-4)15(19-10)20-11-8-6-5-7-9-11/h5-10,12-15H,1-4H3/t10-,12-,13+,14+,15-/m0/s1. The van der Waals surface area contributed by atoms with Gasteiger partial charge in [0.1, 0.15) is 24.1 Å². The average molecular weight is 282 g/mol. The summed E-state index contributed by atoms with van der Waals surface area (Å²) in [5.74, 6) is 0.734. The summed E-state index contributed by atoms with van der Waals surface area (Å²) >= 11 is 0. The second-order valence-electron chi connectivity index (χ2n) is 4.74. The lowest BCUT2D eigenvalue weighted by Gasteiger charge is -2.43. The Morgan fingerprint density at radius 2 is 1.45 bits per heavy atom. The molecule has 0 unspecified atom stereocenters. The summed E-state index contributed by atoms with van der Waals surface area (Å²) in [5, 5.41) is 0. The van der Waals surface area contributed by atoms with Crippen LogP contribution in [-0.2, 0) is 18.9 Å². The highest BCUT2D eigenvalue weighted by molar-refractivity contribution is 5.21. The van der Waals surface area contributed by atoms with Gasteiger partial charge >= 0.3 is 0 Å². The molecule has 112 valence electrons. The van der Waals surface area contributed by atoms with E-state index in [1.165, 1.54) is 0 Å². The molecule has 1 fully saturated rings. The van der Waals surface area contributed by atoms with Crippen molar-refractivity contribution in [2.45, 2.75) is 37.6 Å². The third kappa shape index (κ3) is 3.12. The van der Waals surface area contributed by atoms with Gasteiger partial charge in [-0.2, -0.15) is 0 Å². The largest absolute Gasteiger partial charge is 0.462 e. The van der Waals surface area contributed by atoms with Crippen LogP contribution in [0.5, 0.6) is 5.75 Å². The number of hydrogen-bond donors (Lipinski definition) is 0. The highest BCUT2D eigenvalue weighted by atomic mass is 16.7. The van der Waals surface area contributed by atoms with E-state index in [0.29, 0.717) is 0 Å². The number of methoxy groups -OCH3 is 3. The summed E-state index contributed by atoms with van der Waals surface area (Å²) in [4.78, 5) is 0. The Morgan fingerprint density at radius 3 is 2.00 bits per heavy atom. The molecule has 1 heterocycles. The maximum Gasteiger partial charge on any atom is 0.229 e. The lowest BCUT2D eigenvalue weighted by atomic mass is 9.99. The second kappa shape index (κ2) is 7.04. The van der Waals surface area contributed by atoms with E-state index in [0.717, 1.165) is 5.75 Å². The quantitative estimate of drug-likeness (QED) is 0.825. The Balaban J connectivity index is 2.15. The fourth-order valence-corrected chi connectivity index (χ4v) is 2.54. The topological polar surface area (TPSA) is 46.2 Å². The molecule has 1 aliphatic rings. The Hall–Kier alpha value is -1.14. The molecule has 2 rings (SSSR count). The van der Waals surface area contributed by atoms with Crippen LogP contribution in [0.2, 0.25) is 0 Å². The van der Waals surface area contributed by atoms with Crippen LogP contribution in [0.15, 0.2) is 30.3 Å². The van der Waals surface area contributed by atoms with Crippen LogP contribution in [0.1, 0.15) is 6.92 Å². The zero-order valence-corrected chi connectivity index (χ0v) is 12.3. The van der Waals surface area contributed by atoms with Gasteiger partial charge in [-0.3, -0.25) is 0 Å². The molecule has 0 aromatic heterocycles. The van der Waals surface area contributed by atoms with E-state index >= 15 is 0 Å². The van der Waals surface area contributed by atoms with Gasteiger partial charge in [0.05, 0.1) is 6.10 Å². The van der Waals surface area contributed by atoms with Crippen molar-refractivity contribution < 1.29 is 23.7 Å². The van der Waals surface area contributed by atoms with Gasteiger partial charge in [0.15, 0.2) is 0 Å². The van der Waals surface area contributed by atoms with E-state index in [1.54, 1.807) is 21.3 Å².